The third kappa shape index (κ3) is 2.17. The van der Waals surface area contributed by atoms with Gasteiger partial charge in [-0.3, -0.25) is 0 Å². The smallest absolute Gasteiger partial charge is 0.150 e. The maximum Gasteiger partial charge on any atom is 0.150 e. The van der Waals surface area contributed by atoms with E-state index >= 15 is 0 Å². The van der Waals surface area contributed by atoms with E-state index in [1.165, 1.54) is 0 Å². The predicted octanol–water partition coefficient (Wildman–Crippen LogP) is 0.823. The Morgan fingerprint density at radius 1 is 1.73 bits per heavy atom. The lowest BCUT2D eigenvalue weighted by atomic mass is 9.97. The second kappa shape index (κ2) is 4.12. The summed E-state index contributed by atoms with van der Waals surface area (Å²) in [5.41, 5.74) is 0.279. The van der Waals surface area contributed by atoms with Crippen molar-refractivity contribution < 1.29 is 5.11 Å². The van der Waals surface area contributed by atoms with Crippen molar-refractivity contribution in [2.75, 3.05) is 13.1 Å². The Morgan fingerprint density at radius 2 is 2.53 bits per heavy atom. The molecule has 15 heavy (non-hydrogen) atoms. The Morgan fingerprint density at radius 3 is 3.13 bits per heavy atom. The summed E-state index contributed by atoms with van der Waals surface area (Å²) in [6.45, 7) is 4.38. The number of rotatable bonds is 3. The van der Waals surface area contributed by atoms with Crippen molar-refractivity contribution >= 4 is 11.6 Å². The zero-order valence-electron chi connectivity index (χ0n) is 8.83. The Kier molecular flexibility index (Phi) is 3.00. The number of nitrogens with zero attached hydrogens (tertiary/aromatic N) is 2. The minimum Gasteiger partial charge on any atom is -0.388 e. The normalized spacial score (nSPS) is 26.1. The molecule has 1 atom stereocenters. The van der Waals surface area contributed by atoms with E-state index in [0.717, 1.165) is 25.2 Å². The number of imidazole rings is 1. The van der Waals surface area contributed by atoms with E-state index in [4.69, 9.17) is 11.6 Å². The third-order valence-electron chi connectivity index (χ3n) is 2.95. The van der Waals surface area contributed by atoms with Crippen LogP contribution in [0.1, 0.15) is 19.0 Å². The van der Waals surface area contributed by atoms with Crippen LogP contribution >= 0.6 is 11.6 Å². The first kappa shape index (κ1) is 10.9. The van der Waals surface area contributed by atoms with Gasteiger partial charge in [-0.2, -0.15) is 0 Å². The number of nitrogens with one attached hydrogen (secondary N) is 1. The Labute approximate surface area is 94.3 Å². The molecular weight excluding hydrogens is 214 g/mol. The van der Waals surface area contributed by atoms with Crippen molar-refractivity contribution in [1.29, 1.82) is 0 Å². The van der Waals surface area contributed by atoms with Crippen LogP contribution in [0.25, 0.3) is 0 Å². The predicted molar refractivity (Wildman–Crippen MR) is 59.1 cm³/mol. The highest BCUT2D eigenvalue weighted by molar-refractivity contribution is 6.30. The summed E-state index contributed by atoms with van der Waals surface area (Å²) in [7, 11) is 0. The number of halogens is 1. The van der Waals surface area contributed by atoms with E-state index in [1.807, 2.05) is 11.5 Å². The van der Waals surface area contributed by atoms with Gasteiger partial charge in [0.1, 0.15) is 5.15 Å². The van der Waals surface area contributed by atoms with E-state index in [0.29, 0.717) is 18.1 Å². The van der Waals surface area contributed by atoms with Crippen molar-refractivity contribution in [2.24, 2.45) is 0 Å². The number of hydrogen-bond donors (Lipinski definition) is 2. The summed E-state index contributed by atoms with van der Waals surface area (Å²) < 4.78 is 1.98. The minimum absolute atomic E-state index is 0.511. The molecule has 0 bridgehead atoms. The first-order valence-electron chi connectivity index (χ1n) is 5.27. The molecule has 0 saturated carbocycles. The number of β-amino-alcohol motifs (C(OH)–C–C–N with tert-alkyl or cyclic N) is 1. The van der Waals surface area contributed by atoms with Gasteiger partial charge in [-0.25, -0.2) is 4.98 Å². The largest absolute Gasteiger partial charge is 0.388 e. The SMILES string of the molecule is CCn1cnc(Cl)c1CC1(O)CCNC1. The average molecular weight is 230 g/mol. The molecule has 0 amide bonds. The number of aromatic nitrogens is 2. The van der Waals surface area contributed by atoms with Crippen LogP contribution in [0.2, 0.25) is 5.15 Å². The second-order valence-corrected chi connectivity index (χ2v) is 4.45. The third-order valence-corrected chi connectivity index (χ3v) is 3.27. The Balaban J connectivity index is 2.18. The lowest BCUT2D eigenvalue weighted by molar-refractivity contribution is 0.0600. The lowest BCUT2D eigenvalue weighted by Gasteiger charge is -2.21. The van der Waals surface area contributed by atoms with Crippen LogP contribution in [0.4, 0.5) is 0 Å². The minimum atomic E-state index is -0.656. The van der Waals surface area contributed by atoms with Gasteiger partial charge >= 0.3 is 0 Å². The number of hydrogen-bond acceptors (Lipinski definition) is 3. The van der Waals surface area contributed by atoms with Crippen molar-refractivity contribution in [1.82, 2.24) is 14.9 Å². The van der Waals surface area contributed by atoms with Gasteiger partial charge in [-0.1, -0.05) is 11.6 Å². The zero-order valence-corrected chi connectivity index (χ0v) is 9.59. The summed E-state index contributed by atoms with van der Waals surface area (Å²) in [6, 6.07) is 0. The van der Waals surface area contributed by atoms with Crippen LogP contribution in [0.15, 0.2) is 6.33 Å². The molecule has 0 aromatic carbocycles. The zero-order chi connectivity index (χ0) is 10.9. The maximum absolute atomic E-state index is 10.2. The molecule has 1 aromatic rings. The molecule has 1 unspecified atom stereocenters. The van der Waals surface area contributed by atoms with Crippen LogP contribution in [-0.2, 0) is 13.0 Å². The van der Waals surface area contributed by atoms with Gasteiger partial charge in [0.05, 0.1) is 17.6 Å². The maximum atomic E-state index is 10.2. The second-order valence-electron chi connectivity index (χ2n) is 4.10. The molecule has 1 aromatic heterocycles. The highest BCUT2D eigenvalue weighted by Gasteiger charge is 2.33. The molecule has 2 N–H and O–H groups in total. The molecule has 1 fully saturated rings. The summed E-state index contributed by atoms with van der Waals surface area (Å²) >= 11 is 6.00. The molecule has 5 heteroatoms. The van der Waals surface area contributed by atoms with Crippen molar-refractivity contribution in [2.45, 2.75) is 31.9 Å². The van der Waals surface area contributed by atoms with E-state index in [1.54, 1.807) is 6.33 Å². The quantitative estimate of drug-likeness (QED) is 0.807. The highest BCUT2D eigenvalue weighted by Crippen LogP contribution is 2.24. The topological polar surface area (TPSA) is 50.1 Å². The highest BCUT2D eigenvalue weighted by atomic mass is 35.5. The molecule has 2 heterocycles. The van der Waals surface area contributed by atoms with Crippen molar-refractivity contribution in [3.63, 3.8) is 0 Å². The molecule has 1 aliphatic rings. The van der Waals surface area contributed by atoms with E-state index in [2.05, 4.69) is 10.3 Å². The lowest BCUT2D eigenvalue weighted by Crippen LogP contribution is -2.34. The summed E-state index contributed by atoms with van der Waals surface area (Å²) in [6.07, 6.45) is 3.08. The Hall–Kier alpha value is -0.580. The molecule has 1 saturated heterocycles. The van der Waals surface area contributed by atoms with Gasteiger partial charge in [0.25, 0.3) is 0 Å². The van der Waals surface area contributed by atoms with Crippen LogP contribution in [0, 0.1) is 0 Å². The van der Waals surface area contributed by atoms with Gasteiger partial charge in [0.15, 0.2) is 0 Å². The van der Waals surface area contributed by atoms with Gasteiger partial charge in [0.2, 0.25) is 0 Å². The fourth-order valence-electron chi connectivity index (χ4n) is 2.02. The van der Waals surface area contributed by atoms with E-state index < -0.39 is 5.60 Å². The van der Waals surface area contributed by atoms with Crippen LogP contribution < -0.4 is 5.32 Å². The molecule has 0 radical (unpaired) electrons. The molecular formula is C10H16ClN3O. The fourth-order valence-corrected chi connectivity index (χ4v) is 2.24. The first-order valence-corrected chi connectivity index (χ1v) is 5.65. The molecule has 4 nitrogen and oxygen atoms in total. The van der Waals surface area contributed by atoms with Gasteiger partial charge in [-0.05, 0) is 19.9 Å². The van der Waals surface area contributed by atoms with E-state index in [9.17, 15) is 5.11 Å². The van der Waals surface area contributed by atoms with Crippen LogP contribution in [0.3, 0.4) is 0 Å². The first-order chi connectivity index (χ1) is 7.14. The van der Waals surface area contributed by atoms with Gasteiger partial charge in [-0.15, -0.1) is 0 Å². The average Bonchev–Trinajstić information content (AvgIpc) is 2.76. The summed E-state index contributed by atoms with van der Waals surface area (Å²) in [5, 5.41) is 13.9. The van der Waals surface area contributed by atoms with Gasteiger partial charge < -0.3 is 15.0 Å². The van der Waals surface area contributed by atoms with Crippen LogP contribution in [-0.4, -0.2) is 33.3 Å². The fraction of sp³-hybridized carbons (Fsp3) is 0.700. The molecule has 0 spiro atoms. The van der Waals surface area contributed by atoms with Crippen molar-refractivity contribution in [3.05, 3.63) is 17.2 Å². The van der Waals surface area contributed by atoms with Crippen molar-refractivity contribution in [3.8, 4) is 0 Å². The summed E-state index contributed by atoms with van der Waals surface area (Å²) in [4.78, 5) is 4.06. The molecule has 2 rings (SSSR count). The summed E-state index contributed by atoms with van der Waals surface area (Å²) in [5.74, 6) is 0. The molecule has 1 aliphatic heterocycles. The van der Waals surface area contributed by atoms with Crippen LogP contribution in [0.5, 0.6) is 0 Å². The van der Waals surface area contributed by atoms with Gasteiger partial charge in [0, 0.05) is 19.5 Å². The standard InChI is InChI=1S/C10H16ClN3O/c1-2-14-7-13-9(11)8(14)5-10(15)3-4-12-6-10/h7,12,15H,2-6H2,1H3. The van der Waals surface area contributed by atoms with E-state index in [-0.39, 0.29) is 0 Å². The Bertz CT molecular complexity index is 344. The molecule has 84 valence electrons. The number of aryl methyl sites for hydroxylation is 1. The number of aliphatic hydroxyl groups is 1. The molecule has 0 aliphatic carbocycles. The monoisotopic (exact) mass is 229 g/mol.